The lowest BCUT2D eigenvalue weighted by Gasteiger charge is -2.01. The number of rotatable bonds is 1. The first-order valence-electron chi connectivity index (χ1n) is 2.31. The van der Waals surface area contributed by atoms with E-state index < -0.39 is 0 Å². The molecule has 0 atom stereocenters. The zero-order valence-corrected chi connectivity index (χ0v) is 4.55. The van der Waals surface area contributed by atoms with Gasteiger partial charge in [-0.2, -0.15) is 0 Å². The number of hydrogen-bond acceptors (Lipinski definition) is 2. The number of carbonyl (C=O) groups excluding carboxylic acids is 1. The fraction of sp³-hybridized carbons (Fsp3) is 0.167. The summed E-state index contributed by atoms with van der Waals surface area (Å²) in [4.78, 5) is 10.5. The van der Waals surface area contributed by atoms with E-state index in [-0.39, 0.29) is 5.97 Å². The van der Waals surface area contributed by atoms with E-state index in [0.29, 0.717) is 5.57 Å². The quantitative estimate of drug-likeness (QED) is 0.463. The van der Waals surface area contributed by atoms with Crippen LogP contribution in [0, 0.1) is 0 Å². The predicted molar refractivity (Wildman–Crippen MR) is 29.2 cm³/mol. The Labute approximate surface area is 47.5 Å². The summed E-state index contributed by atoms with van der Waals surface area (Å²) < 4.78 is 4.40. The molecule has 1 aliphatic carbocycles. The molecule has 42 valence electrons. The first-order chi connectivity index (χ1) is 3.84. The van der Waals surface area contributed by atoms with E-state index in [1.54, 1.807) is 18.2 Å². The topological polar surface area (TPSA) is 26.3 Å². The molecule has 0 unspecified atom stereocenters. The van der Waals surface area contributed by atoms with Crippen LogP contribution < -0.4 is 0 Å². The van der Waals surface area contributed by atoms with Crippen molar-refractivity contribution >= 4 is 5.97 Å². The van der Waals surface area contributed by atoms with Crippen molar-refractivity contribution in [1.29, 1.82) is 0 Å². The first-order valence-corrected chi connectivity index (χ1v) is 2.31. The highest BCUT2D eigenvalue weighted by Gasteiger charge is 2.07. The molecule has 0 aromatic rings. The molecule has 1 aliphatic rings. The molecule has 0 spiro atoms. The summed E-state index contributed by atoms with van der Waals surface area (Å²) in [6.07, 6.45) is 5.23. The molecular formula is C6H6O2. The summed E-state index contributed by atoms with van der Waals surface area (Å²) in [5.41, 5.74) is 0.646. The summed E-state index contributed by atoms with van der Waals surface area (Å²) in [6.45, 7) is 0. The van der Waals surface area contributed by atoms with E-state index in [1.807, 2.05) is 0 Å². The molecule has 0 aromatic heterocycles. The molecule has 0 amide bonds. The number of carbonyl (C=O) groups is 1. The fourth-order valence-corrected chi connectivity index (χ4v) is 0.446. The highest BCUT2D eigenvalue weighted by Crippen LogP contribution is 2.07. The molecule has 0 bridgehead atoms. The molecular weight excluding hydrogens is 104 g/mol. The van der Waals surface area contributed by atoms with Crippen LogP contribution in [0.1, 0.15) is 0 Å². The van der Waals surface area contributed by atoms with Gasteiger partial charge in [0.05, 0.1) is 12.7 Å². The minimum atomic E-state index is -0.257. The molecule has 0 saturated heterocycles. The van der Waals surface area contributed by atoms with E-state index in [9.17, 15) is 4.79 Å². The van der Waals surface area contributed by atoms with Gasteiger partial charge in [0.25, 0.3) is 0 Å². The van der Waals surface area contributed by atoms with E-state index >= 15 is 0 Å². The SMILES string of the molecule is COC(=O)C1=CC=C1. The van der Waals surface area contributed by atoms with Gasteiger partial charge in [-0.25, -0.2) is 4.79 Å². The second kappa shape index (κ2) is 1.82. The van der Waals surface area contributed by atoms with Gasteiger partial charge < -0.3 is 4.74 Å². The Hall–Kier alpha value is -1.05. The van der Waals surface area contributed by atoms with Gasteiger partial charge in [-0.15, -0.1) is 0 Å². The van der Waals surface area contributed by atoms with Crippen LogP contribution in [0.25, 0.3) is 0 Å². The Bertz CT molecular complexity index is 165. The van der Waals surface area contributed by atoms with Crippen LogP contribution in [0.2, 0.25) is 0 Å². The third-order valence-electron chi connectivity index (χ3n) is 0.973. The number of allylic oxidation sites excluding steroid dienone is 2. The lowest BCUT2D eigenvalue weighted by molar-refractivity contribution is -0.135. The minimum Gasteiger partial charge on any atom is -0.465 e. The van der Waals surface area contributed by atoms with Gasteiger partial charge in [0.1, 0.15) is 0 Å². The lowest BCUT2D eigenvalue weighted by Crippen LogP contribution is -2.04. The van der Waals surface area contributed by atoms with Gasteiger partial charge in [0.2, 0.25) is 0 Å². The van der Waals surface area contributed by atoms with Crippen LogP contribution in [0.4, 0.5) is 0 Å². The number of esters is 1. The normalized spacial score (nSPS) is 14.4. The Balaban J connectivity index is 2.48. The monoisotopic (exact) mass is 110 g/mol. The Morgan fingerprint density at radius 3 is 2.50 bits per heavy atom. The third kappa shape index (κ3) is 0.644. The average molecular weight is 110 g/mol. The zero-order chi connectivity index (χ0) is 5.98. The molecule has 2 nitrogen and oxygen atoms in total. The van der Waals surface area contributed by atoms with Gasteiger partial charge in [0, 0.05) is 0 Å². The average Bonchev–Trinajstić information content (AvgIpc) is 1.62. The largest absolute Gasteiger partial charge is 0.465 e. The summed E-state index contributed by atoms with van der Waals surface area (Å²) in [5.74, 6) is -0.257. The Morgan fingerprint density at radius 2 is 2.38 bits per heavy atom. The van der Waals surface area contributed by atoms with Gasteiger partial charge in [-0.3, -0.25) is 0 Å². The van der Waals surface area contributed by atoms with Gasteiger partial charge >= 0.3 is 5.97 Å². The third-order valence-corrected chi connectivity index (χ3v) is 0.973. The van der Waals surface area contributed by atoms with Gasteiger partial charge in [-0.05, 0) is 12.2 Å². The van der Waals surface area contributed by atoms with Crippen LogP contribution in [-0.2, 0) is 9.53 Å². The molecule has 8 heavy (non-hydrogen) atoms. The lowest BCUT2D eigenvalue weighted by atomic mass is 10.1. The summed E-state index contributed by atoms with van der Waals surface area (Å²) >= 11 is 0. The highest BCUT2D eigenvalue weighted by molar-refractivity contribution is 5.93. The summed E-state index contributed by atoms with van der Waals surface area (Å²) in [5, 5.41) is 0. The predicted octanol–water partition coefficient (Wildman–Crippen LogP) is 0.656. The summed E-state index contributed by atoms with van der Waals surface area (Å²) in [6, 6.07) is 0. The van der Waals surface area contributed by atoms with Crippen molar-refractivity contribution in [3.05, 3.63) is 23.8 Å². The molecule has 0 saturated carbocycles. The zero-order valence-electron chi connectivity index (χ0n) is 4.55. The van der Waals surface area contributed by atoms with Crippen LogP contribution in [-0.4, -0.2) is 13.1 Å². The number of methoxy groups -OCH3 is 1. The Kier molecular flexibility index (Phi) is 1.16. The van der Waals surface area contributed by atoms with Crippen molar-refractivity contribution < 1.29 is 9.53 Å². The van der Waals surface area contributed by atoms with Crippen molar-refractivity contribution in [2.45, 2.75) is 0 Å². The maximum absolute atomic E-state index is 10.5. The van der Waals surface area contributed by atoms with Crippen LogP contribution in [0.5, 0.6) is 0 Å². The van der Waals surface area contributed by atoms with Crippen LogP contribution in [0.15, 0.2) is 23.8 Å². The van der Waals surface area contributed by atoms with Crippen LogP contribution >= 0.6 is 0 Å². The maximum atomic E-state index is 10.5. The maximum Gasteiger partial charge on any atom is 0.337 e. The first kappa shape index (κ1) is 5.09. The number of ether oxygens (including phenoxy) is 1. The van der Waals surface area contributed by atoms with E-state index in [0.717, 1.165) is 0 Å². The van der Waals surface area contributed by atoms with E-state index in [4.69, 9.17) is 0 Å². The minimum absolute atomic E-state index is 0.257. The van der Waals surface area contributed by atoms with Gasteiger partial charge in [0.15, 0.2) is 0 Å². The smallest absolute Gasteiger partial charge is 0.337 e. The molecule has 0 aromatic carbocycles. The molecule has 2 heteroatoms. The van der Waals surface area contributed by atoms with Crippen molar-refractivity contribution in [3.63, 3.8) is 0 Å². The molecule has 0 heterocycles. The van der Waals surface area contributed by atoms with Crippen molar-refractivity contribution in [1.82, 2.24) is 0 Å². The molecule has 1 rings (SSSR count). The molecule has 0 N–H and O–H groups in total. The second-order valence-corrected chi connectivity index (χ2v) is 1.47. The van der Waals surface area contributed by atoms with E-state index in [1.165, 1.54) is 7.11 Å². The summed E-state index contributed by atoms with van der Waals surface area (Å²) in [7, 11) is 1.37. The van der Waals surface area contributed by atoms with Crippen molar-refractivity contribution in [2.75, 3.05) is 7.11 Å². The Morgan fingerprint density at radius 1 is 1.75 bits per heavy atom. The van der Waals surface area contributed by atoms with Gasteiger partial charge in [-0.1, -0.05) is 6.08 Å². The highest BCUT2D eigenvalue weighted by atomic mass is 16.5. The van der Waals surface area contributed by atoms with E-state index in [2.05, 4.69) is 4.74 Å². The fourth-order valence-electron chi connectivity index (χ4n) is 0.446. The molecule has 0 fully saturated rings. The van der Waals surface area contributed by atoms with Crippen molar-refractivity contribution in [3.8, 4) is 0 Å². The standard InChI is InChI=1S/C6H6O2/c1-8-6(7)5-3-2-4-5/h2-4H,1H3. The van der Waals surface area contributed by atoms with Crippen LogP contribution in [0.3, 0.4) is 0 Å². The number of hydrogen-bond donors (Lipinski definition) is 0. The van der Waals surface area contributed by atoms with Crippen molar-refractivity contribution in [2.24, 2.45) is 0 Å². The molecule has 0 radical (unpaired) electrons. The second-order valence-electron chi connectivity index (χ2n) is 1.47. The molecule has 0 aliphatic heterocycles.